The molecule has 2 N–H and O–H groups in total. The van der Waals surface area contributed by atoms with Gasteiger partial charge < -0.3 is 15.4 Å². The van der Waals surface area contributed by atoms with Gasteiger partial charge in [0.1, 0.15) is 6.04 Å². The molecule has 32 heavy (non-hydrogen) atoms. The number of fused-ring (bicyclic) bond motifs is 1. The third kappa shape index (κ3) is 5.84. The third-order valence-electron chi connectivity index (χ3n) is 5.29. The van der Waals surface area contributed by atoms with Crippen LogP contribution in [0, 0.1) is 5.92 Å². The lowest BCUT2D eigenvalue weighted by atomic mass is 9.91. The average Bonchev–Trinajstić information content (AvgIpc) is 3.31. The number of hydrogen-bond acceptors (Lipinski definition) is 4. The topological polar surface area (TPSA) is 84.5 Å². The number of benzene rings is 2. The molecule has 0 radical (unpaired) electrons. The van der Waals surface area contributed by atoms with Gasteiger partial charge >= 0.3 is 5.97 Å². The van der Waals surface area contributed by atoms with Gasteiger partial charge in [0.25, 0.3) is 5.91 Å². The lowest BCUT2D eigenvalue weighted by molar-refractivity contribution is -0.147. The highest BCUT2D eigenvalue weighted by Gasteiger charge is 2.24. The average molecular weight is 435 g/mol. The number of amides is 2. The Labute approximate surface area is 188 Å². The lowest BCUT2D eigenvalue weighted by Gasteiger charge is -2.19. The molecule has 0 spiro atoms. The molecule has 0 saturated carbocycles. The molecule has 1 aliphatic rings. The number of allylic oxidation sites excluding steroid dienone is 4. The van der Waals surface area contributed by atoms with E-state index in [1.54, 1.807) is 6.92 Å². The number of rotatable bonds is 9. The number of esters is 1. The van der Waals surface area contributed by atoms with Crippen molar-refractivity contribution in [2.75, 3.05) is 13.2 Å². The third-order valence-corrected chi connectivity index (χ3v) is 5.29. The van der Waals surface area contributed by atoms with Crippen LogP contribution in [0.4, 0.5) is 0 Å². The van der Waals surface area contributed by atoms with Crippen LogP contribution >= 0.6 is 0 Å². The Morgan fingerprint density at radius 2 is 1.69 bits per heavy atom. The van der Waals surface area contributed by atoms with E-state index in [1.165, 1.54) is 0 Å². The highest BCUT2D eigenvalue weighted by Crippen LogP contribution is 2.30. The SMILES string of the molecule is CCOC(=O)[C@H](CC(C)C)NC(=O)CNC(=O)c1cc2ccccc2cc1C1C=CC=C1. The Kier molecular flexibility index (Phi) is 7.82. The second kappa shape index (κ2) is 10.8. The summed E-state index contributed by atoms with van der Waals surface area (Å²) in [5.41, 5.74) is 1.41. The first-order valence-electron chi connectivity index (χ1n) is 11.0. The zero-order chi connectivity index (χ0) is 23.1. The van der Waals surface area contributed by atoms with Gasteiger partial charge in [-0.1, -0.05) is 62.4 Å². The fourth-order valence-corrected chi connectivity index (χ4v) is 3.80. The van der Waals surface area contributed by atoms with Gasteiger partial charge in [0.05, 0.1) is 13.2 Å². The normalized spacial score (nSPS) is 14.0. The van der Waals surface area contributed by atoms with Crippen LogP contribution in [-0.4, -0.2) is 37.0 Å². The molecule has 2 aromatic carbocycles. The Morgan fingerprint density at radius 3 is 2.31 bits per heavy atom. The Morgan fingerprint density at radius 1 is 1.03 bits per heavy atom. The highest BCUT2D eigenvalue weighted by molar-refractivity contribution is 6.02. The molecule has 0 aliphatic heterocycles. The van der Waals surface area contributed by atoms with Gasteiger partial charge in [0, 0.05) is 11.5 Å². The summed E-state index contributed by atoms with van der Waals surface area (Å²) >= 11 is 0. The van der Waals surface area contributed by atoms with Gasteiger partial charge in [-0.05, 0) is 47.7 Å². The molecule has 0 saturated heterocycles. The summed E-state index contributed by atoms with van der Waals surface area (Å²) in [7, 11) is 0. The van der Waals surface area contributed by atoms with Gasteiger partial charge in [-0.25, -0.2) is 4.79 Å². The molecule has 6 heteroatoms. The first kappa shape index (κ1) is 23.3. The molecule has 0 unspecified atom stereocenters. The number of ether oxygens (including phenoxy) is 1. The van der Waals surface area contributed by atoms with Crippen LogP contribution in [0.5, 0.6) is 0 Å². The fourth-order valence-electron chi connectivity index (χ4n) is 3.80. The molecule has 2 aromatic rings. The number of carbonyl (C=O) groups excluding carboxylic acids is 3. The molecule has 0 bridgehead atoms. The van der Waals surface area contributed by atoms with Crippen molar-refractivity contribution in [2.45, 2.75) is 39.2 Å². The minimum Gasteiger partial charge on any atom is -0.464 e. The van der Waals surface area contributed by atoms with E-state index in [0.717, 1.165) is 16.3 Å². The van der Waals surface area contributed by atoms with E-state index in [2.05, 4.69) is 10.6 Å². The minimum atomic E-state index is -0.732. The van der Waals surface area contributed by atoms with Gasteiger partial charge in [-0.15, -0.1) is 0 Å². The molecule has 0 aromatic heterocycles. The molecular weight excluding hydrogens is 404 g/mol. The van der Waals surface area contributed by atoms with Crippen molar-refractivity contribution in [3.8, 4) is 0 Å². The first-order chi connectivity index (χ1) is 15.4. The predicted octanol–water partition coefficient (Wildman–Crippen LogP) is 3.87. The van der Waals surface area contributed by atoms with E-state index >= 15 is 0 Å². The molecular formula is C26H30N2O4. The number of carbonyl (C=O) groups is 3. The molecule has 6 nitrogen and oxygen atoms in total. The van der Waals surface area contributed by atoms with Gasteiger partial charge in [-0.2, -0.15) is 0 Å². The van der Waals surface area contributed by atoms with Crippen LogP contribution in [0.25, 0.3) is 10.8 Å². The summed E-state index contributed by atoms with van der Waals surface area (Å²) in [5.74, 6) is -1.01. The van der Waals surface area contributed by atoms with Crippen LogP contribution in [0.1, 0.15) is 49.0 Å². The Bertz CT molecular complexity index is 1040. The number of hydrogen-bond donors (Lipinski definition) is 2. The van der Waals surface area contributed by atoms with Crippen molar-refractivity contribution in [1.29, 1.82) is 0 Å². The van der Waals surface area contributed by atoms with E-state index in [1.807, 2.05) is 74.5 Å². The minimum absolute atomic E-state index is 0.00780. The molecule has 1 atom stereocenters. The fraction of sp³-hybridized carbons (Fsp3) is 0.346. The van der Waals surface area contributed by atoms with E-state index in [4.69, 9.17) is 4.74 Å². The van der Waals surface area contributed by atoms with Crippen molar-refractivity contribution in [3.05, 3.63) is 71.8 Å². The summed E-state index contributed by atoms with van der Waals surface area (Å²) in [5, 5.41) is 7.40. The van der Waals surface area contributed by atoms with Gasteiger partial charge in [0.15, 0.2) is 0 Å². The van der Waals surface area contributed by atoms with E-state index in [-0.39, 0.29) is 30.9 Å². The quantitative estimate of drug-likeness (QED) is 0.587. The second-order valence-corrected chi connectivity index (χ2v) is 8.27. The second-order valence-electron chi connectivity index (χ2n) is 8.27. The van der Waals surface area contributed by atoms with Gasteiger partial charge in [-0.3, -0.25) is 9.59 Å². The summed E-state index contributed by atoms with van der Waals surface area (Å²) in [6, 6.07) is 11.0. The molecule has 0 fully saturated rings. The van der Waals surface area contributed by atoms with Crippen molar-refractivity contribution in [2.24, 2.45) is 5.92 Å². The maximum atomic E-state index is 13.0. The maximum absolute atomic E-state index is 13.0. The molecule has 168 valence electrons. The van der Waals surface area contributed by atoms with Crippen molar-refractivity contribution < 1.29 is 19.1 Å². The zero-order valence-electron chi connectivity index (χ0n) is 18.8. The molecule has 1 aliphatic carbocycles. The summed E-state index contributed by atoms with van der Waals surface area (Å²) in [6.45, 7) is 5.67. The summed E-state index contributed by atoms with van der Waals surface area (Å²) in [4.78, 5) is 37.7. The van der Waals surface area contributed by atoms with Crippen LogP contribution in [0.2, 0.25) is 0 Å². The lowest BCUT2D eigenvalue weighted by Crippen LogP contribution is -2.46. The van der Waals surface area contributed by atoms with Crippen molar-refractivity contribution >= 4 is 28.6 Å². The molecule has 3 rings (SSSR count). The predicted molar refractivity (Wildman–Crippen MR) is 125 cm³/mol. The van der Waals surface area contributed by atoms with Crippen LogP contribution in [0.3, 0.4) is 0 Å². The largest absolute Gasteiger partial charge is 0.464 e. The van der Waals surface area contributed by atoms with Crippen LogP contribution in [0.15, 0.2) is 60.7 Å². The smallest absolute Gasteiger partial charge is 0.328 e. The van der Waals surface area contributed by atoms with Crippen molar-refractivity contribution in [1.82, 2.24) is 10.6 Å². The molecule has 0 heterocycles. The van der Waals surface area contributed by atoms with Crippen LogP contribution in [-0.2, 0) is 14.3 Å². The van der Waals surface area contributed by atoms with Crippen LogP contribution < -0.4 is 10.6 Å². The van der Waals surface area contributed by atoms with E-state index < -0.39 is 17.9 Å². The van der Waals surface area contributed by atoms with Crippen molar-refractivity contribution in [3.63, 3.8) is 0 Å². The zero-order valence-corrected chi connectivity index (χ0v) is 18.8. The summed E-state index contributed by atoms with van der Waals surface area (Å²) in [6.07, 6.45) is 8.44. The Balaban J connectivity index is 1.73. The summed E-state index contributed by atoms with van der Waals surface area (Å²) < 4.78 is 5.06. The number of nitrogens with one attached hydrogen (secondary N) is 2. The Hall–Kier alpha value is -3.41. The van der Waals surface area contributed by atoms with E-state index in [0.29, 0.717) is 12.0 Å². The highest BCUT2D eigenvalue weighted by atomic mass is 16.5. The van der Waals surface area contributed by atoms with E-state index in [9.17, 15) is 14.4 Å². The molecule has 2 amide bonds. The first-order valence-corrected chi connectivity index (χ1v) is 11.0. The standard InChI is InChI=1S/C26H30N2O4/c1-4-32-26(31)23(13-17(2)3)28-24(29)16-27-25(30)22-15-20-12-8-7-11-19(20)14-21(22)18-9-5-6-10-18/h5-12,14-15,17-18,23H,4,13,16H2,1-3H3,(H,27,30)(H,28,29)/t23-/m0/s1. The maximum Gasteiger partial charge on any atom is 0.328 e. The monoisotopic (exact) mass is 434 g/mol. The van der Waals surface area contributed by atoms with Gasteiger partial charge in [0.2, 0.25) is 5.91 Å².